The SMILES string of the molecule is CC(CO)C(C)NS(=O)(=O)c1cccnc1C#N. The highest BCUT2D eigenvalue weighted by Crippen LogP contribution is 2.14. The van der Waals surface area contributed by atoms with Gasteiger partial charge < -0.3 is 5.11 Å². The minimum Gasteiger partial charge on any atom is -0.396 e. The number of aromatic nitrogens is 1. The molecule has 0 aliphatic heterocycles. The van der Waals surface area contributed by atoms with Crippen LogP contribution in [0.5, 0.6) is 0 Å². The number of nitriles is 1. The summed E-state index contributed by atoms with van der Waals surface area (Å²) in [5, 5.41) is 17.8. The Kier molecular flexibility index (Phi) is 4.78. The Morgan fingerprint density at radius 2 is 2.22 bits per heavy atom. The number of nitrogens with zero attached hydrogens (tertiary/aromatic N) is 2. The van der Waals surface area contributed by atoms with Crippen LogP contribution in [0, 0.1) is 17.2 Å². The molecule has 0 amide bonds. The van der Waals surface area contributed by atoms with Crippen molar-refractivity contribution in [3.05, 3.63) is 24.0 Å². The quantitative estimate of drug-likeness (QED) is 0.797. The first-order chi connectivity index (χ1) is 8.42. The van der Waals surface area contributed by atoms with Crippen LogP contribution in [0.4, 0.5) is 0 Å². The van der Waals surface area contributed by atoms with Crippen molar-refractivity contribution in [1.29, 1.82) is 5.26 Å². The summed E-state index contributed by atoms with van der Waals surface area (Å²) in [6.07, 6.45) is 1.36. The highest BCUT2D eigenvalue weighted by molar-refractivity contribution is 7.89. The van der Waals surface area contributed by atoms with Gasteiger partial charge in [-0.25, -0.2) is 18.1 Å². The maximum absolute atomic E-state index is 12.1. The minimum atomic E-state index is -3.80. The van der Waals surface area contributed by atoms with Gasteiger partial charge >= 0.3 is 0 Å². The average Bonchev–Trinajstić information content (AvgIpc) is 2.37. The second kappa shape index (κ2) is 5.91. The Bertz CT molecular complexity index is 551. The molecule has 0 bridgehead atoms. The number of hydrogen-bond acceptors (Lipinski definition) is 5. The smallest absolute Gasteiger partial charge is 0.243 e. The van der Waals surface area contributed by atoms with E-state index in [4.69, 9.17) is 10.4 Å². The standard InChI is InChI=1S/C11H15N3O3S/c1-8(7-15)9(2)14-18(16,17)11-4-3-5-13-10(11)6-12/h3-5,8-9,14-15H,7H2,1-2H3. The van der Waals surface area contributed by atoms with Crippen molar-refractivity contribution in [3.8, 4) is 6.07 Å². The molecule has 2 N–H and O–H groups in total. The van der Waals surface area contributed by atoms with Gasteiger partial charge in [0.1, 0.15) is 11.0 Å². The molecule has 18 heavy (non-hydrogen) atoms. The topological polar surface area (TPSA) is 103 Å². The molecule has 1 rings (SSSR count). The molecule has 2 atom stereocenters. The van der Waals surface area contributed by atoms with Crippen molar-refractivity contribution in [2.24, 2.45) is 5.92 Å². The Morgan fingerprint density at radius 3 is 2.78 bits per heavy atom. The van der Waals surface area contributed by atoms with E-state index >= 15 is 0 Å². The summed E-state index contributed by atoms with van der Waals surface area (Å²) in [6.45, 7) is 3.25. The third kappa shape index (κ3) is 3.26. The van der Waals surface area contributed by atoms with Gasteiger partial charge in [-0.15, -0.1) is 0 Å². The lowest BCUT2D eigenvalue weighted by atomic mass is 10.1. The summed E-state index contributed by atoms with van der Waals surface area (Å²) in [7, 11) is -3.80. The summed E-state index contributed by atoms with van der Waals surface area (Å²) in [5.74, 6) is -0.220. The zero-order valence-corrected chi connectivity index (χ0v) is 11.0. The van der Waals surface area contributed by atoms with E-state index in [9.17, 15) is 8.42 Å². The fraction of sp³-hybridized carbons (Fsp3) is 0.455. The summed E-state index contributed by atoms with van der Waals surface area (Å²) < 4.78 is 26.5. The molecule has 2 unspecified atom stereocenters. The Labute approximate surface area is 106 Å². The molecular weight excluding hydrogens is 254 g/mol. The van der Waals surface area contributed by atoms with E-state index in [1.807, 2.05) is 0 Å². The van der Waals surface area contributed by atoms with Gasteiger partial charge in [-0.1, -0.05) is 6.92 Å². The number of sulfonamides is 1. The highest BCUT2D eigenvalue weighted by Gasteiger charge is 2.23. The van der Waals surface area contributed by atoms with Gasteiger partial charge in [-0.05, 0) is 25.0 Å². The third-order valence-electron chi connectivity index (χ3n) is 2.65. The number of rotatable bonds is 5. The third-order valence-corrected chi connectivity index (χ3v) is 4.24. The van der Waals surface area contributed by atoms with Crippen LogP contribution in [0.2, 0.25) is 0 Å². The van der Waals surface area contributed by atoms with Crippen molar-refractivity contribution < 1.29 is 13.5 Å². The average molecular weight is 269 g/mol. The molecule has 0 saturated heterocycles. The fourth-order valence-electron chi connectivity index (χ4n) is 1.27. The van der Waals surface area contributed by atoms with Gasteiger partial charge in [0.05, 0.1) is 0 Å². The zero-order valence-electron chi connectivity index (χ0n) is 10.2. The number of aliphatic hydroxyl groups excluding tert-OH is 1. The normalized spacial score (nSPS) is 14.8. The van der Waals surface area contributed by atoms with Crippen LogP contribution in [0.25, 0.3) is 0 Å². The molecule has 98 valence electrons. The molecule has 1 heterocycles. The van der Waals surface area contributed by atoms with E-state index in [-0.39, 0.29) is 23.1 Å². The lowest BCUT2D eigenvalue weighted by Crippen LogP contribution is -2.38. The molecule has 0 aliphatic carbocycles. The fourth-order valence-corrected chi connectivity index (χ4v) is 2.73. The van der Waals surface area contributed by atoms with Crippen molar-refractivity contribution in [3.63, 3.8) is 0 Å². The number of hydrogen-bond donors (Lipinski definition) is 2. The molecule has 0 radical (unpaired) electrons. The summed E-state index contributed by atoms with van der Waals surface area (Å²) in [5.41, 5.74) is -0.145. The Hall–Kier alpha value is -1.49. The van der Waals surface area contributed by atoms with Crippen LogP contribution in [0.3, 0.4) is 0 Å². The summed E-state index contributed by atoms with van der Waals surface area (Å²) >= 11 is 0. The molecule has 1 aromatic rings. The van der Waals surface area contributed by atoms with Crippen molar-refractivity contribution in [1.82, 2.24) is 9.71 Å². The molecule has 0 aliphatic rings. The first kappa shape index (κ1) is 14.6. The van der Waals surface area contributed by atoms with E-state index in [1.165, 1.54) is 18.3 Å². The number of pyridine rings is 1. The Morgan fingerprint density at radius 1 is 1.56 bits per heavy atom. The van der Waals surface area contributed by atoms with Crippen molar-refractivity contribution in [2.75, 3.05) is 6.61 Å². The Balaban J connectivity index is 3.05. The van der Waals surface area contributed by atoms with Crippen LogP contribution in [0.1, 0.15) is 19.5 Å². The van der Waals surface area contributed by atoms with E-state index < -0.39 is 16.1 Å². The molecule has 6 nitrogen and oxygen atoms in total. The molecule has 7 heteroatoms. The lowest BCUT2D eigenvalue weighted by Gasteiger charge is -2.19. The van der Waals surface area contributed by atoms with Gasteiger partial charge in [0, 0.05) is 18.8 Å². The van der Waals surface area contributed by atoms with Gasteiger partial charge in [0.2, 0.25) is 10.0 Å². The number of nitrogens with one attached hydrogen (secondary N) is 1. The first-order valence-electron chi connectivity index (χ1n) is 5.40. The lowest BCUT2D eigenvalue weighted by molar-refractivity contribution is 0.216. The largest absolute Gasteiger partial charge is 0.396 e. The summed E-state index contributed by atoms with van der Waals surface area (Å²) in [6, 6.07) is 4.08. The minimum absolute atomic E-state index is 0.123. The first-order valence-corrected chi connectivity index (χ1v) is 6.89. The van der Waals surface area contributed by atoms with Gasteiger partial charge in [-0.2, -0.15) is 5.26 Å². The van der Waals surface area contributed by atoms with Crippen LogP contribution in [0.15, 0.2) is 23.2 Å². The molecular formula is C11H15N3O3S. The van der Waals surface area contributed by atoms with Crippen LogP contribution in [-0.4, -0.2) is 31.2 Å². The molecule has 0 aromatic carbocycles. The predicted octanol–water partition coefficient (Wildman–Crippen LogP) is 0.248. The van der Waals surface area contributed by atoms with Gasteiger partial charge in [0.15, 0.2) is 5.69 Å². The maximum Gasteiger partial charge on any atom is 0.243 e. The van der Waals surface area contributed by atoms with E-state index in [0.717, 1.165) is 0 Å². The summed E-state index contributed by atoms with van der Waals surface area (Å²) in [4.78, 5) is 3.56. The second-order valence-electron chi connectivity index (χ2n) is 4.03. The van der Waals surface area contributed by atoms with Crippen LogP contribution < -0.4 is 4.72 Å². The van der Waals surface area contributed by atoms with Gasteiger partial charge in [0.25, 0.3) is 0 Å². The van der Waals surface area contributed by atoms with E-state index in [2.05, 4.69) is 9.71 Å². The van der Waals surface area contributed by atoms with Crippen LogP contribution in [-0.2, 0) is 10.0 Å². The van der Waals surface area contributed by atoms with Crippen molar-refractivity contribution >= 4 is 10.0 Å². The molecule has 0 saturated carbocycles. The highest BCUT2D eigenvalue weighted by atomic mass is 32.2. The predicted molar refractivity (Wildman–Crippen MR) is 65.0 cm³/mol. The monoisotopic (exact) mass is 269 g/mol. The van der Waals surface area contributed by atoms with Crippen LogP contribution >= 0.6 is 0 Å². The molecule has 1 aromatic heterocycles. The van der Waals surface area contributed by atoms with E-state index in [0.29, 0.717) is 0 Å². The second-order valence-corrected chi connectivity index (χ2v) is 5.71. The number of aliphatic hydroxyl groups is 1. The van der Waals surface area contributed by atoms with E-state index in [1.54, 1.807) is 19.9 Å². The maximum atomic E-state index is 12.1. The zero-order chi connectivity index (χ0) is 13.8. The molecule has 0 fully saturated rings. The van der Waals surface area contributed by atoms with Crippen molar-refractivity contribution in [2.45, 2.75) is 24.8 Å². The van der Waals surface area contributed by atoms with Gasteiger partial charge in [-0.3, -0.25) is 0 Å². The molecule has 0 spiro atoms.